The summed E-state index contributed by atoms with van der Waals surface area (Å²) in [5.74, 6) is 3.56. The van der Waals surface area contributed by atoms with E-state index in [-0.39, 0.29) is 10.7 Å². The molecule has 0 spiro atoms. The number of thioether (sulfide) groups is 2. The van der Waals surface area contributed by atoms with Crippen LogP contribution in [0.15, 0.2) is 35.4 Å². The van der Waals surface area contributed by atoms with Gasteiger partial charge < -0.3 is 4.74 Å². The Labute approximate surface area is 184 Å². The molecular formula is C22H25F3N2OS2. The lowest BCUT2D eigenvalue weighted by Gasteiger charge is -2.14. The highest BCUT2D eigenvalue weighted by molar-refractivity contribution is 8.02. The van der Waals surface area contributed by atoms with Gasteiger partial charge in [0.1, 0.15) is 16.8 Å². The molecule has 0 aliphatic heterocycles. The third kappa shape index (κ3) is 7.13. The highest BCUT2D eigenvalue weighted by Gasteiger charge is 2.36. The van der Waals surface area contributed by atoms with E-state index >= 15 is 0 Å². The lowest BCUT2D eigenvalue weighted by molar-refractivity contribution is -0.138. The number of pyridine rings is 1. The lowest BCUT2D eigenvalue weighted by Crippen LogP contribution is -2.10. The first-order chi connectivity index (χ1) is 14.3. The Kier molecular flexibility index (Phi) is 9.37. The number of halogens is 3. The van der Waals surface area contributed by atoms with E-state index in [9.17, 15) is 18.4 Å². The SMILES string of the molecule is CCCOc1ccc(-c2cc(C(F)(F)F)c(C#N)c(SCCSCC(C)C)n2)cc1. The summed E-state index contributed by atoms with van der Waals surface area (Å²) in [5, 5.41) is 9.52. The number of nitriles is 1. The van der Waals surface area contributed by atoms with Crippen LogP contribution in [-0.4, -0.2) is 28.8 Å². The number of aromatic nitrogens is 1. The molecule has 1 heterocycles. The van der Waals surface area contributed by atoms with Crippen molar-refractivity contribution in [2.24, 2.45) is 5.92 Å². The van der Waals surface area contributed by atoms with Crippen LogP contribution in [0.3, 0.4) is 0 Å². The van der Waals surface area contributed by atoms with E-state index in [1.807, 2.05) is 6.92 Å². The minimum absolute atomic E-state index is 0.124. The molecule has 0 amide bonds. The van der Waals surface area contributed by atoms with Crippen molar-refractivity contribution in [3.05, 3.63) is 41.5 Å². The average molecular weight is 455 g/mol. The van der Waals surface area contributed by atoms with Crippen molar-refractivity contribution in [3.63, 3.8) is 0 Å². The van der Waals surface area contributed by atoms with Crippen LogP contribution >= 0.6 is 23.5 Å². The Morgan fingerprint density at radius 1 is 1.17 bits per heavy atom. The molecule has 162 valence electrons. The van der Waals surface area contributed by atoms with Gasteiger partial charge in [-0.05, 0) is 48.4 Å². The second-order valence-corrected chi connectivity index (χ2v) is 9.27. The largest absolute Gasteiger partial charge is 0.494 e. The molecule has 8 heteroatoms. The van der Waals surface area contributed by atoms with Crippen molar-refractivity contribution in [2.75, 3.05) is 23.9 Å². The second-order valence-electron chi connectivity index (χ2n) is 7.03. The molecule has 0 atom stereocenters. The van der Waals surface area contributed by atoms with Gasteiger partial charge in [0.2, 0.25) is 0 Å². The molecule has 0 N–H and O–H groups in total. The maximum atomic E-state index is 13.6. The fourth-order valence-corrected chi connectivity index (χ4v) is 4.66. The van der Waals surface area contributed by atoms with E-state index < -0.39 is 17.3 Å². The Hall–Kier alpha value is -1.85. The predicted molar refractivity (Wildman–Crippen MR) is 118 cm³/mol. The molecule has 1 aromatic heterocycles. The first-order valence-electron chi connectivity index (χ1n) is 9.72. The molecular weight excluding hydrogens is 429 g/mol. The molecule has 0 aliphatic rings. The number of nitrogens with zero attached hydrogens (tertiary/aromatic N) is 2. The van der Waals surface area contributed by atoms with Gasteiger partial charge in [-0.1, -0.05) is 20.8 Å². The zero-order chi connectivity index (χ0) is 22.1. The van der Waals surface area contributed by atoms with Gasteiger partial charge in [-0.25, -0.2) is 4.98 Å². The quantitative estimate of drug-likeness (QED) is 0.288. The summed E-state index contributed by atoms with van der Waals surface area (Å²) in [5.41, 5.74) is -0.614. The Bertz CT molecular complexity index is 862. The van der Waals surface area contributed by atoms with Gasteiger partial charge in [0, 0.05) is 17.1 Å². The number of rotatable bonds is 10. The molecule has 30 heavy (non-hydrogen) atoms. The third-order valence-corrected chi connectivity index (χ3v) is 6.57. The maximum absolute atomic E-state index is 13.6. The normalized spacial score (nSPS) is 11.5. The highest BCUT2D eigenvalue weighted by atomic mass is 32.2. The summed E-state index contributed by atoms with van der Waals surface area (Å²) >= 11 is 2.94. The number of benzene rings is 1. The number of ether oxygens (including phenoxy) is 1. The molecule has 0 fully saturated rings. The fraction of sp³-hybridized carbons (Fsp3) is 0.455. The smallest absolute Gasteiger partial charge is 0.417 e. The molecule has 0 bridgehead atoms. The number of hydrogen-bond acceptors (Lipinski definition) is 5. The van der Waals surface area contributed by atoms with E-state index in [2.05, 4.69) is 18.8 Å². The molecule has 0 radical (unpaired) electrons. The van der Waals surface area contributed by atoms with Gasteiger partial charge in [-0.2, -0.15) is 30.2 Å². The van der Waals surface area contributed by atoms with E-state index in [0.717, 1.165) is 24.0 Å². The Morgan fingerprint density at radius 3 is 2.43 bits per heavy atom. The Balaban J connectivity index is 2.33. The van der Waals surface area contributed by atoms with Crippen LogP contribution in [-0.2, 0) is 6.18 Å². The van der Waals surface area contributed by atoms with Crippen LogP contribution in [0.4, 0.5) is 13.2 Å². The first-order valence-corrected chi connectivity index (χ1v) is 11.9. The van der Waals surface area contributed by atoms with Crippen LogP contribution in [0.2, 0.25) is 0 Å². The fourth-order valence-electron chi connectivity index (χ4n) is 2.56. The van der Waals surface area contributed by atoms with E-state index in [1.54, 1.807) is 42.1 Å². The Morgan fingerprint density at radius 2 is 1.87 bits per heavy atom. The lowest BCUT2D eigenvalue weighted by atomic mass is 10.1. The van der Waals surface area contributed by atoms with Crippen molar-refractivity contribution < 1.29 is 17.9 Å². The van der Waals surface area contributed by atoms with E-state index in [1.165, 1.54) is 11.8 Å². The average Bonchev–Trinajstić information content (AvgIpc) is 2.70. The van der Waals surface area contributed by atoms with Crippen LogP contribution in [0.1, 0.15) is 38.3 Å². The van der Waals surface area contributed by atoms with Crippen molar-refractivity contribution in [1.82, 2.24) is 4.98 Å². The highest BCUT2D eigenvalue weighted by Crippen LogP contribution is 2.38. The van der Waals surface area contributed by atoms with Crippen molar-refractivity contribution >= 4 is 23.5 Å². The maximum Gasteiger partial charge on any atom is 0.417 e. The second kappa shape index (κ2) is 11.5. The predicted octanol–water partition coefficient (Wildman–Crippen LogP) is 6.91. The summed E-state index contributed by atoms with van der Waals surface area (Å²) in [6, 6.07) is 9.47. The third-order valence-electron chi connectivity index (χ3n) is 3.94. The van der Waals surface area contributed by atoms with Crippen LogP contribution in [0.5, 0.6) is 5.75 Å². The number of alkyl halides is 3. The molecule has 0 saturated carbocycles. The minimum Gasteiger partial charge on any atom is -0.494 e. The summed E-state index contributed by atoms with van der Waals surface area (Å²) in [7, 11) is 0. The van der Waals surface area contributed by atoms with Crippen LogP contribution in [0.25, 0.3) is 11.3 Å². The van der Waals surface area contributed by atoms with Gasteiger partial charge in [0.05, 0.1) is 23.4 Å². The van der Waals surface area contributed by atoms with Crippen molar-refractivity contribution in [2.45, 2.75) is 38.4 Å². The van der Waals surface area contributed by atoms with Gasteiger partial charge in [0.15, 0.2) is 0 Å². The van der Waals surface area contributed by atoms with Gasteiger partial charge in [-0.3, -0.25) is 0 Å². The summed E-state index contributed by atoms with van der Waals surface area (Å²) in [4.78, 5) is 4.40. The van der Waals surface area contributed by atoms with Crippen LogP contribution in [0, 0.1) is 17.2 Å². The molecule has 0 saturated heterocycles. The van der Waals surface area contributed by atoms with Gasteiger partial charge in [0.25, 0.3) is 0 Å². The zero-order valence-corrected chi connectivity index (χ0v) is 18.9. The van der Waals surface area contributed by atoms with E-state index in [0.29, 0.717) is 29.6 Å². The molecule has 0 unspecified atom stereocenters. The molecule has 0 aliphatic carbocycles. The molecule has 3 nitrogen and oxygen atoms in total. The summed E-state index contributed by atoms with van der Waals surface area (Å²) < 4.78 is 46.4. The van der Waals surface area contributed by atoms with E-state index in [4.69, 9.17) is 4.74 Å². The summed E-state index contributed by atoms with van der Waals surface area (Å²) in [6.07, 6.45) is -3.77. The van der Waals surface area contributed by atoms with Crippen LogP contribution < -0.4 is 4.74 Å². The molecule has 1 aromatic carbocycles. The standard InChI is InChI=1S/C22H25F3N2OS2/c1-4-9-28-17-7-5-16(6-8-17)20-12-19(22(23,24)25)18(13-26)21(27-20)30-11-10-29-14-15(2)3/h5-8,12,15H,4,9-11,14H2,1-3H3. The van der Waals surface area contributed by atoms with Crippen molar-refractivity contribution in [3.8, 4) is 23.1 Å². The molecule has 2 aromatic rings. The summed E-state index contributed by atoms with van der Waals surface area (Å²) in [6.45, 7) is 6.80. The topological polar surface area (TPSA) is 45.9 Å². The monoisotopic (exact) mass is 454 g/mol. The van der Waals surface area contributed by atoms with Crippen molar-refractivity contribution in [1.29, 1.82) is 5.26 Å². The van der Waals surface area contributed by atoms with Gasteiger partial charge >= 0.3 is 6.18 Å². The first kappa shape index (κ1) is 24.4. The minimum atomic E-state index is -4.63. The molecule has 2 rings (SSSR count). The van der Waals surface area contributed by atoms with Gasteiger partial charge in [-0.15, -0.1) is 11.8 Å². The zero-order valence-electron chi connectivity index (χ0n) is 17.3. The number of hydrogen-bond donors (Lipinski definition) is 0.